The largest absolute Gasteiger partial charge is 0.357 e. The summed E-state index contributed by atoms with van der Waals surface area (Å²) in [7, 11) is 0. The summed E-state index contributed by atoms with van der Waals surface area (Å²) in [5.41, 5.74) is 1.12. The molecule has 3 heterocycles. The van der Waals surface area contributed by atoms with Crippen molar-refractivity contribution < 1.29 is 9.13 Å². The average molecular weight is 247 g/mol. The smallest absolute Gasteiger partial charge is 0.233 e. The van der Waals surface area contributed by atoms with Crippen LogP contribution in [-0.4, -0.2) is 26.6 Å². The molecule has 1 saturated heterocycles. The summed E-state index contributed by atoms with van der Waals surface area (Å²) < 4.78 is 20.3. The first-order valence-electron chi connectivity index (χ1n) is 5.90. The van der Waals surface area contributed by atoms with Gasteiger partial charge in [-0.1, -0.05) is 0 Å². The third-order valence-electron chi connectivity index (χ3n) is 2.90. The SMILES string of the molecule is Fc1cc(-c2[c]cn(C3CCCCO3)n2)cnn1. The Labute approximate surface area is 104 Å². The summed E-state index contributed by atoms with van der Waals surface area (Å²) in [5.74, 6) is -0.621. The van der Waals surface area contributed by atoms with Crippen LogP contribution < -0.4 is 0 Å². The lowest BCUT2D eigenvalue weighted by Crippen LogP contribution is -2.18. The maximum Gasteiger partial charge on any atom is 0.233 e. The number of halogens is 1. The van der Waals surface area contributed by atoms with Crippen LogP contribution in [0.25, 0.3) is 11.3 Å². The molecule has 0 bridgehead atoms. The highest BCUT2D eigenvalue weighted by atomic mass is 19.1. The van der Waals surface area contributed by atoms with Gasteiger partial charge in [-0.05, 0) is 19.3 Å². The standard InChI is InChI=1S/C12H12FN4O/c13-11-7-9(8-14-15-11)10-4-5-17(16-10)12-3-1-2-6-18-12/h5,7-8,12H,1-3,6H2. The number of nitrogens with zero attached hydrogens (tertiary/aromatic N) is 4. The molecule has 3 rings (SSSR count). The predicted octanol–water partition coefficient (Wildman–Crippen LogP) is 1.98. The van der Waals surface area contributed by atoms with Crippen LogP contribution in [-0.2, 0) is 4.74 Å². The van der Waals surface area contributed by atoms with Gasteiger partial charge in [-0.15, -0.1) is 5.10 Å². The van der Waals surface area contributed by atoms with Crippen LogP contribution >= 0.6 is 0 Å². The van der Waals surface area contributed by atoms with Crippen molar-refractivity contribution in [3.05, 3.63) is 30.5 Å². The molecule has 5 nitrogen and oxygen atoms in total. The Kier molecular flexibility index (Phi) is 3.02. The highest BCUT2D eigenvalue weighted by molar-refractivity contribution is 5.55. The zero-order valence-electron chi connectivity index (χ0n) is 9.71. The molecule has 0 N–H and O–H groups in total. The summed E-state index contributed by atoms with van der Waals surface area (Å²) in [4.78, 5) is 0. The molecule has 1 unspecified atom stereocenters. The fourth-order valence-electron chi connectivity index (χ4n) is 1.99. The van der Waals surface area contributed by atoms with Crippen molar-refractivity contribution in [1.29, 1.82) is 0 Å². The molecular formula is C12H12FN4O. The van der Waals surface area contributed by atoms with Crippen LogP contribution in [0, 0.1) is 12.0 Å². The van der Waals surface area contributed by atoms with Crippen molar-refractivity contribution >= 4 is 0 Å². The van der Waals surface area contributed by atoms with Crippen molar-refractivity contribution in [2.75, 3.05) is 6.61 Å². The predicted molar refractivity (Wildman–Crippen MR) is 60.9 cm³/mol. The normalized spacial score (nSPS) is 19.9. The monoisotopic (exact) mass is 247 g/mol. The number of ether oxygens (including phenoxy) is 1. The fourth-order valence-corrected chi connectivity index (χ4v) is 1.99. The zero-order chi connectivity index (χ0) is 12.4. The van der Waals surface area contributed by atoms with Gasteiger partial charge >= 0.3 is 0 Å². The quantitative estimate of drug-likeness (QED) is 0.814. The summed E-state index contributed by atoms with van der Waals surface area (Å²) in [5, 5.41) is 11.2. The Morgan fingerprint density at radius 1 is 1.44 bits per heavy atom. The van der Waals surface area contributed by atoms with Crippen LogP contribution in [0.3, 0.4) is 0 Å². The molecule has 2 aromatic heterocycles. The van der Waals surface area contributed by atoms with Gasteiger partial charge in [0, 0.05) is 30.5 Å². The maximum atomic E-state index is 13.0. The van der Waals surface area contributed by atoms with E-state index in [2.05, 4.69) is 21.4 Å². The Bertz CT molecular complexity index is 536. The van der Waals surface area contributed by atoms with E-state index in [0.29, 0.717) is 11.3 Å². The number of rotatable bonds is 2. The van der Waals surface area contributed by atoms with Gasteiger partial charge in [-0.3, -0.25) is 0 Å². The van der Waals surface area contributed by atoms with E-state index in [-0.39, 0.29) is 6.23 Å². The molecule has 6 heteroatoms. The lowest BCUT2D eigenvalue weighted by molar-refractivity contribution is -0.0393. The molecule has 93 valence electrons. The molecule has 1 fully saturated rings. The summed E-state index contributed by atoms with van der Waals surface area (Å²) >= 11 is 0. The third-order valence-corrected chi connectivity index (χ3v) is 2.90. The topological polar surface area (TPSA) is 52.8 Å². The molecule has 1 radical (unpaired) electrons. The van der Waals surface area contributed by atoms with Gasteiger partial charge in [0.15, 0.2) is 0 Å². The van der Waals surface area contributed by atoms with Crippen molar-refractivity contribution in [1.82, 2.24) is 20.0 Å². The minimum absolute atomic E-state index is 0.0385. The molecule has 18 heavy (non-hydrogen) atoms. The first-order valence-corrected chi connectivity index (χ1v) is 5.90. The number of hydrogen-bond acceptors (Lipinski definition) is 4. The zero-order valence-corrected chi connectivity index (χ0v) is 9.71. The van der Waals surface area contributed by atoms with Crippen molar-refractivity contribution in [3.8, 4) is 11.3 Å². The first kappa shape index (κ1) is 11.3. The highest BCUT2D eigenvalue weighted by Crippen LogP contribution is 2.23. The third kappa shape index (κ3) is 2.24. The van der Waals surface area contributed by atoms with Gasteiger partial charge in [-0.2, -0.15) is 14.6 Å². The average Bonchev–Trinajstić information content (AvgIpc) is 2.89. The van der Waals surface area contributed by atoms with Crippen molar-refractivity contribution in [2.24, 2.45) is 0 Å². The van der Waals surface area contributed by atoms with E-state index in [1.807, 2.05) is 0 Å². The second kappa shape index (κ2) is 4.81. The Morgan fingerprint density at radius 2 is 2.39 bits per heavy atom. The molecule has 1 aliphatic heterocycles. The number of aromatic nitrogens is 4. The second-order valence-corrected chi connectivity index (χ2v) is 4.19. The van der Waals surface area contributed by atoms with Gasteiger partial charge in [0.2, 0.25) is 5.95 Å². The van der Waals surface area contributed by atoms with Crippen LogP contribution in [0.5, 0.6) is 0 Å². The number of hydrogen-bond donors (Lipinski definition) is 0. The van der Waals surface area contributed by atoms with Crippen LogP contribution in [0.4, 0.5) is 4.39 Å². The Morgan fingerprint density at radius 3 is 3.17 bits per heavy atom. The minimum atomic E-state index is -0.621. The van der Waals surface area contributed by atoms with Gasteiger partial charge in [0.1, 0.15) is 11.9 Å². The van der Waals surface area contributed by atoms with Crippen LogP contribution in [0.1, 0.15) is 25.5 Å². The summed E-state index contributed by atoms with van der Waals surface area (Å²) in [6.07, 6.45) is 6.32. The fraction of sp³-hybridized carbons (Fsp3) is 0.417. The summed E-state index contributed by atoms with van der Waals surface area (Å²) in [6, 6.07) is 4.27. The molecule has 0 amide bonds. The van der Waals surface area contributed by atoms with Crippen LogP contribution in [0.15, 0.2) is 18.5 Å². The van der Waals surface area contributed by atoms with E-state index in [4.69, 9.17) is 4.74 Å². The van der Waals surface area contributed by atoms with E-state index in [9.17, 15) is 4.39 Å². The molecule has 0 aliphatic carbocycles. The second-order valence-electron chi connectivity index (χ2n) is 4.19. The van der Waals surface area contributed by atoms with Gasteiger partial charge in [0.25, 0.3) is 0 Å². The van der Waals surface area contributed by atoms with Crippen LogP contribution in [0.2, 0.25) is 0 Å². The molecule has 0 spiro atoms. The van der Waals surface area contributed by atoms with E-state index in [1.165, 1.54) is 12.3 Å². The molecule has 0 aromatic carbocycles. The lowest BCUT2D eigenvalue weighted by Gasteiger charge is -2.22. The van der Waals surface area contributed by atoms with Gasteiger partial charge < -0.3 is 4.74 Å². The molecular weight excluding hydrogens is 235 g/mol. The van der Waals surface area contributed by atoms with Gasteiger partial charge in [0.05, 0.1) is 6.20 Å². The summed E-state index contributed by atoms with van der Waals surface area (Å²) in [6.45, 7) is 0.755. The van der Waals surface area contributed by atoms with E-state index in [1.54, 1.807) is 10.9 Å². The molecule has 0 saturated carbocycles. The highest BCUT2D eigenvalue weighted by Gasteiger charge is 2.17. The first-order chi connectivity index (χ1) is 8.83. The Balaban J connectivity index is 1.84. The van der Waals surface area contributed by atoms with E-state index >= 15 is 0 Å². The maximum absolute atomic E-state index is 13.0. The molecule has 1 atom stereocenters. The lowest BCUT2D eigenvalue weighted by atomic mass is 10.2. The Hall–Kier alpha value is -1.82. The molecule has 2 aromatic rings. The molecule has 1 aliphatic rings. The minimum Gasteiger partial charge on any atom is -0.357 e. The van der Waals surface area contributed by atoms with Gasteiger partial charge in [-0.25, -0.2) is 4.68 Å². The van der Waals surface area contributed by atoms with E-state index in [0.717, 1.165) is 25.9 Å². The van der Waals surface area contributed by atoms with Crippen molar-refractivity contribution in [2.45, 2.75) is 25.5 Å². The van der Waals surface area contributed by atoms with Crippen molar-refractivity contribution in [3.63, 3.8) is 0 Å². The van der Waals surface area contributed by atoms with E-state index < -0.39 is 5.95 Å².